The van der Waals surface area contributed by atoms with Crippen molar-refractivity contribution < 1.29 is 13.9 Å². The molecule has 0 atom stereocenters. The molecule has 0 saturated carbocycles. The summed E-state index contributed by atoms with van der Waals surface area (Å²) in [5.74, 6) is 0.974. The Labute approximate surface area is 139 Å². The number of ether oxygens (including phenoxy) is 2. The predicted octanol–water partition coefficient (Wildman–Crippen LogP) is 3.15. The van der Waals surface area contributed by atoms with Crippen molar-refractivity contribution >= 4 is 0 Å². The van der Waals surface area contributed by atoms with Crippen LogP contribution in [0.25, 0.3) is 16.9 Å². The van der Waals surface area contributed by atoms with Gasteiger partial charge in [0.15, 0.2) is 11.5 Å². The van der Waals surface area contributed by atoms with Gasteiger partial charge in [-0.15, -0.1) is 0 Å². The van der Waals surface area contributed by atoms with Crippen LogP contribution in [-0.4, -0.2) is 24.0 Å². The van der Waals surface area contributed by atoms with Crippen LogP contribution in [0.4, 0.5) is 4.39 Å². The predicted molar refractivity (Wildman–Crippen MR) is 90.0 cm³/mol. The number of nitrogens with zero attached hydrogens (tertiary/aromatic N) is 2. The molecule has 6 heteroatoms. The van der Waals surface area contributed by atoms with Crippen LogP contribution in [-0.2, 0) is 6.54 Å². The Bertz CT molecular complexity index is 844. The van der Waals surface area contributed by atoms with Crippen molar-refractivity contribution in [3.63, 3.8) is 0 Å². The van der Waals surface area contributed by atoms with E-state index < -0.39 is 0 Å². The fourth-order valence-electron chi connectivity index (χ4n) is 2.51. The summed E-state index contributed by atoms with van der Waals surface area (Å²) in [7, 11) is 3.18. The molecule has 0 saturated heterocycles. The van der Waals surface area contributed by atoms with Gasteiger partial charge in [0.25, 0.3) is 0 Å². The average Bonchev–Trinajstić information content (AvgIpc) is 3.06. The molecule has 0 amide bonds. The number of rotatable bonds is 5. The van der Waals surface area contributed by atoms with Gasteiger partial charge in [-0.05, 0) is 48.5 Å². The van der Waals surface area contributed by atoms with Crippen LogP contribution in [0.5, 0.6) is 11.5 Å². The van der Waals surface area contributed by atoms with Crippen LogP contribution < -0.4 is 15.2 Å². The third kappa shape index (κ3) is 2.96. The second-order valence-corrected chi connectivity index (χ2v) is 5.18. The lowest BCUT2D eigenvalue weighted by Crippen LogP contribution is -2.02. The SMILES string of the molecule is COc1ccc(-c2cc(CN)nn2-c2ccc(F)cc2)cc1OC. The molecule has 24 heavy (non-hydrogen) atoms. The van der Waals surface area contributed by atoms with Gasteiger partial charge < -0.3 is 15.2 Å². The van der Waals surface area contributed by atoms with Crippen LogP contribution in [0, 0.1) is 5.82 Å². The molecule has 0 aliphatic heterocycles. The number of aromatic nitrogens is 2. The maximum Gasteiger partial charge on any atom is 0.161 e. The third-order valence-electron chi connectivity index (χ3n) is 3.72. The molecule has 0 fully saturated rings. The summed E-state index contributed by atoms with van der Waals surface area (Å²) < 4.78 is 25.6. The summed E-state index contributed by atoms with van der Waals surface area (Å²) >= 11 is 0. The summed E-state index contributed by atoms with van der Waals surface area (Å²) in [6.07, 6.45) is 0. The third-order valence-corrected chi connectivity index (χ3v) is 3.72. The van der Waals surface area contributed by atoms with Gasteiger partial charge in [0.2, 0.25) is 0 Å². The zero-order valence-corrected chi connectivity index (χ0v) is 13.5. The average molecular weight is 327 g/mol. The van der Waals surface area contributed by atoms with E-state index in [9.17, 15) is 4.39 Å². The molecule has 0 bridgehead atoms. The van der Waals surface area contributed by atoms with Gasteiger partial charge in [0.05, 0.1) is 31.3 Å². The number of nitrogens with two attached hydrogens (primary N) is 1. The summed E-state index contributed by atoms with van der Waals surface area (Å²) in [5, 5.41) is 4.50. The molecule has 124 valence electrons. The van der Waals surface area contributed by atoms with E-state index in [0.717, 1.165) is 22.6 Å². The van der Waals surface area contributed by atoms with Crippen molar-refractivity contribution in [3.05, 3.63) is 60.0 Å². The molecule has 1 aromatic heterocycles. The molecule has 3 aromatic rings. The summed E-state index contributed by atoms with van der Waals surface area (Å²) in [6, 6.07) is 13.7. The monoisotopic (exact) mass is 327 g/mol. The first kappa shape index (κ1) is 16.0. The summed E-state index contributed by atoms with van der Waals surface area (Å²) in [6.45, 7) is 0.314. The quantitative estimate of drug-likeness (QED) is 0.782. The minimum Gasteiger partial charge on any atom is -0.493 e. The van der Waals surface area contributed by atoms with Gasteiger partial charge in [-0.3, -0.25) is 0 Å². The minimum absolute atomic E-state index is 0.294. The summed E-state index contributed by atoms with van der Waals surface area (Å²) in [5.41, 5.74) is 8.95. The molecule has 1 heterocycles. The lowest BCUT2D eigenvalue weighted by Gasteiger charge is -2.11. The lowest BCUT2D eigenvalue weighted by molar-refractivity contribution is 0.355. The molecule has 2 aromatic carbocycles. The topological polar surface area (TPSA) is 62.3 Å². The molecular formula is C18H18FN3O2. The van der Waals surface area contributed by atoms with Crippen molar-refractivity contribution in [2.45, 2.75) is 6.54 Å². The molecule has 0 aliphatic rings. The van der Waals surface area contributed by atoms with Crippen LogP contribution >= 0.6 is 0 Å². The van der Waals surface area contributed by atoms with Crippen molar-refractivity contribution in [3.8, 4) is 28.4 Å². The van der Waals surface area contributed by atoms with Gasteiger partial charge in [-0.2, -0.15) is 5.10 Å². The molecule has 0 radical (unpaired) electrons. The number of hydrogen-bond acceptors (Lipinski definition) is 4. The molecule has 0 aliphatic carbocycles. The number of benzene rings is 2. The molecule has 0 spiro atoms. The van der Waals surface area contributed by atoms with Crippen LogP contribution in [0.2, 0.25) is 0 Å². The maximum absolute atomic E-state index is 13.2. The van der Waals surface area contributed by atoms with Gasteiger partial charge in [0.1, 0.15) is 5.82 Å². The highest BCUT2D eigenvalue weighted by Gasteiger charge is 2.14. The van der Waals surface area contributed by atoms with E-state index in [-0.39, 0.29) is 5.82 Å². The van der Waals surface area contributed by atoms with E-state index in [1.54, 1.807) is 31.0 Å². The number of hydrogen-bond donors (Lipinski definition) is 1. The summed E-state index contributed by atoms with van der Waals surface area (Å²) in [4.78, 5) is 0. The molecule has 5 nitrogen and oxygen atoms in total. The van der Waals surface area contributed by atoms with Crippen LogP contribution in [0.3, 0.4) is 0 Å². The fourth-order valence-corrected chi connectivity index (χ4v) is 2.51. The highest BCUT2D eigenvalue weighted by atomic mass is 19.1. The zero-order chi connectivity index (χ0) is 17.1. The second-order valence-electron chi connectivity index (χ2n) is 5.18. The van der Waals surface area contributed by atoms with Gasteiger partial charge in [-0.1, -0.05) is 0 Å². The van der Waals surface area contributed by atoms with Gasteiger partial charge >= 0.3 is 0 Å². The van der Waals surface area contributed by atoms with Crippen LogP contribution in [0.1, 0.15) is 5.69 Å². The highest BCUT2D eigenvalue weighted by molar-refractivity contribution is 5.66. The van der Waals surface area contributed by atoms with Crippen molar-refractivity contribution in [2.75, 3.05) is 14.2 Å². The normalized spacial score (nSPS) is 10.7. The Kier molecular flexibility index (Phi) is 4.48. The Morgan fingerprint density at radius 1 is 1.00 bits per heavy atom. The number of halogens is 1. The Balaban J connectivity index is 2.14. The van der Waals surface area contributed by atoms with E-state index >= 15 is 0 Å². The van der Waals surface area contributed by atoms with E-state index in [1.165, 1.54) is 12.1 Å². The lowest BCUT2D eigenvalue weighted by atomic mass is 10.1. The van der Waals surface area contributed by atoms with Crippen molar-refractivity contribution in [1.29, 1.82) is 0 Å². The molecule has 2 N–H and O–H groups in total. The van der Waals surface area contributed by atoms with E-state index in [1.807, 2.05) is 24.3 Å². The first-order valence-electron chi connectivity index (χ1n) is 7.43. The van der Waals surface area contributed by atoms with Crippen molar-refractivity contribution in [2.24, 2.45) is 5.73 Å². The van der Waals surface area contributed by atoms with Gasteiger partial charge in [-0.25, -0.2) is 9.07 Å². The van der Waals surface area contributed by atoms with Crippen molar-refractivity contribution in [1.82, 2.24) is 9.78 Å². The highest BCUT2D eigenvalue weighted by Crippen LogP contribution is 2.33. The Morgan fingerprint density at radius 3 is 2.33 bits per heavy atom. The van der Waals surface area contributed by atoms with E-state index in [4.69, 9.17) is 15.2 Å². The second kappa shape index (κ2) is 6.72. The Morgan fingerprint density at radius 2 is 1.71 bits per heavy atom. The zero-order valence-electron chi connectivity index (χ0n) is 13.5. The molecule has 3 rings (SSSR count). The number of methoxy groups -OCH3 is 2. The standard InChI is InChI=1S/C18H18FN3O2/c1-23-17-8-3-12(9-18(17)24-2)16-10-14(11-20)21-22(16)15-6-4-13(19)5-7-15/h3-10H,11,20H2,1-2H3. The first-order valence-corrected chi connectivity index (χ1v) is 7.43. The van der Waals surface area contributed by atoms with E-state index in [0.29, 0.717) is 18.0 Å². The van der Waals surface area contributed by atoms with Gasteiger partial charge in [0, 0.05) is 12.1 Å². The fraction of sp³-hybridized carbons (Fsp3) is 0.167. The maximum atomic E-state index is 13.2. The minimum atomic E-state index is -0.294. The molecular weight excluding hydrogens is 309 g/mol. The molecule has 0 unspecified atom stereocenters. The smallest absolute Gasteiger partial charge is 0.161 e. The van der Waals surface area contributed by atoms with Crippen LogP contribution in [0.15, 0.2) is 48.5 Å². The first-order chi connectivity index (χ1) is 11.7. The largest absolute Gasteiger partial charge is 0.493 e. The Hall–Kier alpha value is -2.86. The van der Waals surface area contributed by atoms with E-state index in [2.05, 4.69) is 5.10 Å².